The van der Waals surface area contributed by atoms with Gasteiger partial charge in [-0.3, -0.25) is 4.79 Å². The second-order valence-electron chi connectivity index (χ2n) is 4.99. The van der Waals surface area contributed by atoms with Gasteiger partial charge in [0.05, 0.1) is 0 Å². The first-order chi connectivity index (χ1) is 8.61. The van der Waals surface area contributed by atoms with Gasteiger partial charge in [0.1, 0.15) is 0 Å². The summed E-state index contributed by atoms with van der Waals surface area (Å²) < 4.78 is 0. The molecule has 0 atom stereocenters. The third kappa shape index (κ3) is 2.51. The monoisotopic (exact) mass is 238 g/mol. The predicted octanol–water partition coefficient (Wildman–Crippen LogP) is 4.60. The summed E-state index contributed by atoms with van der Waals surface area (Å²) in [5.41, 5.74) is 5.29. The Hall–Kier alpha value is -1.89. The fraction of sp³-hybridized carbons (Fsp3) is 0.235. The minimum atomic E-state index is 0.530. The van der Waals surface area contributed by atoms with Crippen LogP contribution in [-0.4, -0.2) is 6.29 Å². The molecule has 0 N–H and O–H groups in total. The highest BCUT2D eigenvalue weighted by molar-refractivity contribution is 5.87. The molecule has 18 heavy (non-hydrogen) atoms. The summed E-state index contributed by atoms with van der Waals surface area (Å²) >= 11 is 0. The molecule has 0 radical (unpaired) electrons. The average Bonchev–Trinajstić information content (AvgIpc) is 2.38. The van der Waals surface area contributed by atoms with Gasteiger partial charge in [-0.1, -0.05) is 55.8 Å². The highest BCUT2D eigenvalue weighted by atomic mass is 16.1. The summed E-state index contributed by atoms with van der Waals surface area (Å²) in [6, 6.07) is 14.4. The van der Waals surface area contributed by atoms with Gasteiger partial charge in [-0.15, -0.1) is 0 Å². The Bertz CT molecular complexity index is 550. The first-order valence-electron chi connectivity index (χ1n) is 6.28. The molecule has 0 aliphatic rings. The van der Waals surface area contributed by atoms with Crippen LogP contribution in [0, 0.1) is 6.92 Å². The molecule has 0 amide bonds. The number of rotatable bonds is 3. The standard InChI is InChI=1S/C17H18O/c1-12(2)14-5-7-15(8-6-14)17-9-4-13(3)10-16(17)11-18/h4-12H,1-3H3. The molecule has 1 heteroatoms. The molecule has 0 saturated heterocycles. The van der Waals surface area contributed by atoms with Crippen LogP contribution in [0.3, 0.4) is 0 Å². The van der Waals surface area contributed by atoms with E-state index in [-0.39, 0.29) is 0 Å². The number of carbonyl (C=O) groups excluding carboxylic acids is 1. The molecule has 0 saturated carbocycles. The van der Waals surface area contributed by atoms with Crippen molar-refractivity contribution in [1.29, 1.82) is 0 Å². The van der Waals surface area contributed by atoms with E-state index < -0.39 is 0 Å². The zero-order valence-electron chi connectivity index (χ0n) is 11.1. The van der Waals surface area contributed by atoms with Crippen LogP contribution in [0.15, 0.2) is 42.5 Å². The zero-order chi connectivity index (χ0) is 13.1. The molecule has 0 spiro atoms. The minimum absolute atomic E-state index is 0.530. The van der Waals surface area contributed by atoms with Gasteiger partial charge in [0.25, 0.3) is 0 Å². The molecule has 0 aliphatic carbocycles. The number of aldehydes is 1. The number of carbonyl (C=O) groups is 1. The molecule has 2 aromatic rings. The van der Waals surface area contributed by atoms with Crippen molar-refractivity contribution in [2.45, 2.75) is 26.7 Å². The normalized spacial score (nSPS) is 10.7. The van der Waals surface area contributed by atoms with Crippen molar-refractivity contribution in [2.24, 2.45) is 0 Å². The topological polar surface area (TPSA) is 17.1 Å². The Kier molecular flexibility index (Phi) is 3.61. The van der Waals surface area contributed by atoms with E-state index >= 15 is 0 Å². The van der Waals surface area contributed by atoms with Crippen molar-refractivity contribution < 1.29 is 4.79 Å². The Morgan fingerprint density at radius 3 is 2.22 bits per heavy atom. The van der Waals surface area contributed by atoms with Crippen molar-refractivity contribution in [3.63, 3.8) is 0 Å². The third-order valence-electron chi connectivity index (χ3n) is 3.22. The van der Waals surface area contributed by atoms with Gasteiger partial charge in [-0.2, -0.15) is 0 Å². The van der Waals surface area contributed by atoms with E-state index in [4.69, 9.17) is 0 Å². The number of benzene rings is 2. The zero-order valence-corrected chi connectivity index (χ0v) is 11.1. The first-order valence-corrected chi connectivity index (χ1v) is 6.28. The van der Waals surface area contributed by atoms with Crippen LogP contribution in [0.1, 0.15) is 41.3 Å². The van der Waals surface area contributed by atoms with Crippen molar-refractivity contribution in [2.75, 3.05) is 0 Å². The molecule has 2 aromatic carbocycles. The lowest BCUT2D eigenvalue weighted by Crippen LogP contribution is -1.90. The fourth-order valence-corrected chi connectivity index (χ4v) is 2.09. The van der Waals surface area contributed by atoms with Crippen molar-refractivity contribution in [1.82, 2.24) is 0 Å². The van der Waals surface area contributed by atoms with Crippen LogP contribution in [0.5, 0.6) is 0 Å². The number of hydrogen-bond acceptors (Lipinski definition) is 1. The molecule has 0 aromatic heterocycles. The van der Waals surface area contributed by atoms with Crippen molar-refractivity contribution in [3.05, 3.63) is 59.2 Å². The SMILES string of the molecule is Cc1ccc(-c2ccc(C(C)C)cc2)c(C=O)c1. The van der Waals surface area contributed by atoms with E-state index in [2.05, 4.69) is 38.1 Å². The van der Waals surface area contributed by atoms with E-state index in [0.717, 1.165) is 28.5 Å². The average molecular weight is 238 g/mol. The van der Waals surface area contributed by atoms with Gasteiger partial charge >= 0.3 is 0 Å². The molecule has 0 aliphatic heterocycles. The molecule has 92 valence electrons. The maximum atomic E-state index is 11.1. The van der Waals surface area contributed by atoms with Crippen molar-refractivity contribution in [3.8, 4) is 11.1 Å². The van der Waals surface area contributed by atoms with Crippen LogP contribution in [0.2, 0.25) is 0 Å². The van der Waals surface area contributed by atoms with Gasteiger partial charge in [0, 0.05) is 5.56 Å². The predicted molar refractivity (Wildman–Crippen MR) is 76.1 cm³/mol. The second-order valence-corrected chi connectivity index (χ2v) is 4.99. The van der Waals surface area contributed by atoms with Gasteiger partial charge in [-0.05, 0) is 35.6 Å². The summed E-state index contributed by atoms with van der Waals surface area (Å²) in [7, 11) is 0. The van der Waals surface area contributed by atoms with Gasteiger partial charge in [0.15, 0.2) is 6.29 Å². The first kappa shape index (κ1) is 12.6. The fourth-order valence-electron chi connectivity index (χ4n) is 2.09. The largest absolute Gasteiger partial charge is 0.298 e. The lowest BCUT2D eigenvalue weighted by molar-refractivity contribution is 0.112. The highest BCUT2D eigenvalue weighted by Crippen LogP contribution is 2.25. The minimum Gasteiger partial charge on any atom is -0.298 e. The Morgan fingerprint density at radius 1 is 1.00 bits per heavy atom. The van der Waals surface area contributed by atoms with Crippen LogP contribution in [0.25, 0.3) is 11.1 Å². The van der Waals surface area contributed by atoms with E-state index in [1.807, 2.05) is 25.1 Å². The molecule has 0 unspecified atom stereocenters. The lowest BCUT2D eigenvalue weighted by atomic mass is 9.95. The van der Waals surface area contributed by atoms with Gasteiger partial charge in [-0.25, -0.2) is 0 Å². The number of hydrogen-bond donors (Lipinski definition) is 0. The Morgan fingerprint density at radius 2 is 1.67 bits per heavy atom. The van der Waals surface area contributed by atoms with Crippen LogP contribution in [-0.2, 0) is 0 Å². The highest BCUT2D eigenvalue weighted by Gasteiger charge is 2.05. The van der Waals surface area contributed by atoms with Crippen LogP contribution in [0.4, 0.5) is 0 Å². The van der Waals surface area contributed by atoms with E-state index in [1.54, 1.807) is 0 Å². The van der Waals surface area contributed by atoms with Crippen LogP contribution >= 0.6 is 0 Å². The van der Waals surface area contributed by atoms with Gasteiger partial charge < -0.3 is 0 Å². The Balaban J connectivity index is 2.45. The van der Waals surface area contributed by atoms with E-state index in [9.17, 15) is 4.79 Å². The molecule has 0 bridgehead atoms. The summed E-state index contributed by atoms with van der Waals surface area (Å²) in [6.45, 7) is 6.36. The second kappa shape index (κ2) is 5.18. The summed E-state index contributed by atoms with van der Waals surface area (Å²) in [5.74, 6) is 0.530. The smallest absolute Gasteiger partial charge is 0.150 e. The Labute approximate surface area is 108 Å². The van der Waals surface area contributed by atoms with Crippen molar-refractivity contribution >= 4 is 6.29 Å². The molecular weight excluding hydrogens is 220 g/mol. The quantitative estimate of drug-likeness (QED) is 0.714. The third-order valence-corrected chi connectivity index (χ3v) is 3.22. The van der Waals surface area contributed by atoms with Gasteiger partial charge in [0.2, 0.25) is 0 Å². The lowest BCUT2D eigenvalue weighted by Gasteiger charge is -2.09. The molecule has 1 nitrogen and oxygen atoms in total. The summed E-state index contributed by atoms with van der Waals surface area (Å²) in [5, 5.41) is 0. The molecule has 0 fully saturated rings. The summed E-state index contributed by atoms with van der Waals surface area (Å²) in [6.07, 6.45) is 0.929. The van der Waals surface area contributed by atoms with E-state index in [1.165, 1.54) is 5.56 Å². The molecule has 0 heterocycles. The summed E-state index contributed by atoms with van der Waals surface area (Å²) in [4.78, 5) is 11.1. The maximum Gasteiger partial charge on any atom is 0.150 e. The van der Waals surface area contributed by atoms with Crippen LogP contribution < -0.4 is 0 Å². The molecular formula is C17H18O. The maximum absolute atomic E-state index is 11.1. The molecule has 2 rings (SSSR count). The van der Waals surface area contributed by atoms with E-state index in [0.29, 0.717) is 5.92 Å². The number of aryl methyl sites for hydroxylation is 1.